The van der Waals surface area contributed by atoms with Crippen LogP contribution in [0.4, 0.5) is 5.69 Å². The Labute approximate surface area is 113 Å². The van der Waals surface area contributed by atoms with Gasteiger partial charge in [-0.1, -0.05) is 0 Å². The number of hydrogen-bond acceptors (Lipinski definition) is 4. The van der Waals surface area contributed by atoms with Gasteiger partial charge in [-0.2, -0.15) is 0 Å². The number of benzene rings is 1. The fraction of sp³-hybridized carbons (Fsp3) is 0.455. The van der Waals surface area contributed by atoms with E-state index >= 15 is 0 Å². The Hall–Kier alpha value is -0.890. The molecule has 0 amide bonds. The van der Waals surface area contributed by atoms with Crippen LogP contribution < -0.4 is 10.1 Å². The lowest BCUT2D eigenvalue weighted by Gasteiger charge is -2.24. The van der Waals surface area contributed by atoms with Crippen molar-refractivity contribution in [3.63, 3.8) is 0 Å². The number of halogens is 1. The van der Waals surface area contributed by atoms with Gasteiger partial charge in [0.25, 0.3) is 5.69 Å². The van der Waals surface area contributed by atoms with Crippen LogP contribution in [-0.2, 0) is 0 Å². The van der Waals surface area contributed by atoms with Gasteiger partial charge in [0, 0.05) is 18.7 Å². The van der Waals surface area contributed by atoms with E-state index in [1.165, 1.54) is 12.1 Å². The maximum atomic E-state index is 10.6. The monoisotopic (exact) mass is 348 g/mol. The molecule has 1 aromatic carbocycles. The van der Waals surface area contributed by atoms with Gasteiger partial charge in [0.1, 0.15) is 11.9 Å². The summed E-state index contributed by atoms with van der Waals surface area (Å²) in [6.07, 6.45) is 2.30. The summed E-state index contributed by atoms with van der Waals surface area (Å²) in [5, 5.41) is 13.9. The van der Waals surface area contributed by atoms with Crippen molar-refractivity contribution in [2.24, 2.45) is 0 Å². The average molecular weight is 348 g/mol. The van der Waals surface area contributed by atoms with Crippen molar-refractivity contribution in [1.29, 1.82) is 0 Å². The first-order valence-electron chi connectivity index (χ1n) is 5.48. The lowest BCUT2D eigenvalue weighted by molar-refractivity contribution is -0.385. The quantitative estimate of drug-likeness (QED) is 0.517. The van der Waals surface area contributed by atoms with Crippen LogP contribution >= 0.6 is 22.6 Å². The zero-order valence-electron chi connectivity index (χ0n) is 9.19. The number of nitro benzene ring substituents is 1. The second-order valence-electron chi connectivity index (χ2n) is 3.96. The minimum atomic E-state index is -0.395. The van der Waals surface area contributed by atoms with E-state index in [1.54, 1.807) is 6.07 Å². The molecule has 1 aliphatic rings. The van der Waals surface area contributed by atoms with E-state index in [2.05, 4.69) is 27.9 Å². The van der Waals surface area contributed by atoms with Crippen molar-refractivity contribution >= 4 is 28.3 Å². The van der Waals surface area contributed by atoms with E-state index in [9.17, 15) is 10.1 Å². The number of piperidine rings is 1. The number of ether oxygens (including phenoxy) is 1. The largest absolute Gasteiger partial charge is 0.488 e. The molecule has 92 valence electrons. The van der Waals surface area contributed by atoms with E-state index in [1.807, 2.05) is 0 Å². The maximum absolute atomic E-state index is 10.6. The zero-order chi connectivity index (χ0) is 12.3. The SMILES string of the molecule is O=[N+]([O-])c1ccc(O[C@H]2CCCNC2)c(I)c1. The normalized spacial score (nSPS) is 19.9. The van der Waals surface area contributed by atoms with Crippen LogP contribution in [0.3, 0.4) is 0 Å². The first-order valence-corrected chi connectivity index (χ1v) is 6.56. The molecule has 1 fully saturated rings. The van der Waals surface area contributed by atoms with Crippen LogP contribution in [0.1, 0.15) is 12.8 Å². The third-order valence-electron chi connectivity index (χ3n) is 2.67. The van der Waals surface area contributed by atoms with Gasteiger partial charge < -0.3 is 10.1 Å². The molecule has 0 spiro atoms. The standard InChI is InChI=1S/C11H13IN2O3/c12-10-6-8(14(15)16)3-4-11(10)17-9-2-1-5-13-7-9/h3-4,6,9,13H,1-2,5,7H2/t9-/m0/s1. The summed E-state index contributed by atoms with van der Waals surface area (Å²) >= 11 is 2.07. The van der Waals surface area contributed by atoms with Gasteiger partial charge in [-0.3, -0.25) is 10.1 Å². The number of nitrogens with zero attached hydrogens (tertiary/aromatic N) is 1. The summed E-state index contributed by atoms with van der Waals surface area (Å²) in [5.74, 6) is 0.727. The van der Waals surface area contributed by atoms with E-state index in [0.717, 1.165) is 35.3 Å². The van der Waals surface area contributed by atoms with Crippen LogP contribution in [0.5, 0.6) is 5.75 Å². The predicted molar refractivity (Wildman–Crippen MR) is 72.3 cm³/mol. The fourth-order valence-corrected chi connectivity index (χ4v) is 2.42. The van der Waals surface area contributed by atoms with Gasteiger partial charge in [-0.15, -0.1) is 0 Å². The van der Waals surface area contributed by atoms with Crippen molar-refractivity contribution in [2.75, 3.05) is 13.1 Å². The van der Waals surface area contributed by atoms with Crippen LogP contribution in [0.2, 0.25) is 0 Å². The highest BCUT2D eigenvalue weighted by Crippen LogP contribution is 2.27. The molecule has 1 saturated heterocycles. The van der Waals surface area contributed by atoms with E-state index < -0.39 is 4.92 Å². The van der Waals surface area contributed by atoms with Gasteiger partial charge in [0.2, 0.25) is 0 Å². The summed E-state index contributed by atoms with van der Waals surface area (Å²) in [6.45, 7) is 1.88. The van der Waals surface area contributed by atoms with Crippen LogP contribution in [0, 0.1) is 13.7 Å². The topological polar surface area (TPSA) is 64.4 Å². The third-order valence-corrected chi connectivity index (χ3v) is 3.51. The summed E-state index contributed by atoms with van der Waals surface area (Å²) < 4.78 is 6.61. The molecule has 17 heavy (non-hydrogen) atoms. The van der Waals surface area contributed by atoms with Crippen LogP contribution in [0.25, 0.3) is 0 Å². The Morgan fingerprint density at radius 1 is 1.53 bits per heavy atom. The molecule has 6 heteroatoms. The summed E-state index contributed by atoms with van der Waals surface area (Å²) in [4.78, 5) is 10.2. The highest BCUT2D eigenvalue weighted by molar-refractivity contribution is 14.1. The molecule has 1 atom stereocenters. The Bertz CT molecular complexity index is 419. The predicted octanol–water partition coefficient (Wildman–Crippen LogP) is 2.33. The Kier molecular flexibility index (Phi) is 4.16. The molecular weight excluding hydrogens is 335 g/mol. The highest BCUT2D eigenvalue weighted by atomic mass is 127. The summed E-state index contributed by atoms with van der Waals surface area (Å²) in [7, 11) is 0. The molecule has 5 nitrogen and oxygen atoms in total. The second kappa shape index (κ2) is 5.63. The average Bonchev–Trinajstić information content (AvgIpc) is 2.33. The minimum absolute atomic E-state index is 0.100. The third kappa shape index (κ3) is 3.29. The zero-order valence-corrected chi connectivity index (χ0v) is 11.3. The van der Waals surface area contributed by atoms with E-state index in [-0.39, 0.29) is 11.8 Å². The lowest BCUT2D eigenvalue weighted by Crippen LogP contribution is -2.37. The molecule has 2 rings (SSSR count). The smallest absolute Gasteiger partial charge is 0.270 e. The Morgan fingerprint density at radius 3 is 2.94 bits per heavy atom. The first kappa shape index (κ1) is 12.6. The molecule has 1 aliphatic heterocycles. The molecule has 0 saturated carbocycles. The molecule has 0 unspecified atom stereocenters. The highest BCUT2D eigenvalue weighted by Gasteiger charge is 2.17. The second-order valence-corrected chi connectivity index (χ2v) is 5.12. The Balaban J connectivity index is 2.08. The number of nitro groups is 1. The first-order chi connectivity index (χ1) is 8.16. The Morgan fingerprint density at radius 2 is 2.35 bits per heavy atom. The molecule has 0 aliphatic carbocycles. The van der Waals surface area contributed by atoms with Gasteiger partial charge in [0.05, 0.1) is 8.49 Å². The lowest BCUT2D eigenvalue weighted by atomic mass is 10.1. The summed E-state index contributed by atoms with van der Waals surface area (Å²) in [5.41, 5.74) is 0.100. The summed E-state index contributed by atoms with van der Waals surface area (Å²) in [6, 6.07) is 4.69. The van der Waals surface area contributed by atoms with Crippen molar-refractivity contribution in [2.45, 2.75) is 18.9 Å². The van der Waals surface area contributed by atoms with E-state index in [4.69, 9.17) is 4.74 Å². The molecule has 0 radical (unpaired) electrons. The van der Waals surface area contributed by atoms with Gasteiger partial charge in [-0.05, 0) is 48.0 Å². The molecule has 1 N–H and O–H groups in total. The van der Waals surface area contributed by atoms with E-state index in [0.29, 0.717) is 0 Å². The van der Waals surface area contributed by atoms with Crippen LogP contribution in [0.15, 0.2) is 18.2 Å². The van der Waals surface area contributed by atoms with Crippen molar-refractivity contribution < 1.29 is 9.66 Å². The minimum Gasteiger partial charge on any atom is -0.488 e. The van der Waals surface area contributed by atoms with Crippen molar-refractivity contribution in [1.82, 2.24) is 5.32 Å². The number of nitrogens with one attached hydrogen (secondary N) is 1. The fourth-order valence-electron chi connectivity index (χ4n) is 1.80. The number of hydrogen-bond donors (Lipinski definition) is 1. The van der Waals surface area contributed by atoms with Crippen LogP contribution in [-0.4, -0.2) is 24.1 Å². The van der Waals surface area contributed by atoms with Gasteiger partial charge in [0.15, 0.2) is 0 Å². The van der Waals surface area contributed by atoms with Crippen molar-refractivity contribution in [3.05, 3.63) is 31.9 Å². The number of rotatable bonds is 3. The number of non-ortho nitro benzene ring substituents is 1. The maximum Gasteiger partial charge on any atom is 0.270 e. The molecule has 1 heterocycles. The van der Waals surface area contributed by atoms with Crippen molar-refractivity contribution in [3.8, 4) is 5.75 Å². The molecule has 0 bridgehead atoms. The molecule has 1 aromatic rings. The van der Waals surface area contributed by atoms with Gasteiger partial charge >= 0.3 is 0 Å². The molecule has 0 aromatic heterocycles. The molecular formula is C11H13IN2O3. The van der Waals surface area contributed by atoms with Gasteiger partial charge in [-0.25, -0.2) is 0 Å².